The van der Waals surface area contributed by atoms with Crippen LogP contribution >= 0.6 is 0 Å². The maximum Gasteiger partial charge on any atom is 0.130 e. The lowest BCUT2D eigenvalue weighted by atomic mass is 10.0. The lowest BCUT2D eigenvalue weighted by molar-refractivity contribution is 0.582. The standard InChI is InChI=1S/C15H23FN2/c1-10(2)18(9-12-7-8-12)14-6-4-5-13(16)15(14)11(3)17/h4-6,10-12H,7-9,17H2,1-3H3/t11-/m0/s1. The van der Waals surface area contributed by atoms with E-state index in [4.69, 9.17) is 5.73 Å². The van der Waals surface area contributed by atoms with Gasteiger partial charge in [-0.25, -0.2) is 4.39 Å². The Labute approximate surface area is 109 Å². The van der Waals surface area contributed by atoms with Gasteiger partial charge in [0.1, 0.15) is 5.82 Å². The molecule has 100 valence electrons. The summed E-state index contributed by atoms with van der Waals surface area (Å²) >= 11 is 0. The molecule has 1 atom stereocenters. The molecule has 0 amide bonds. The van der Waals surface area contributed by atoms with Gasteiger partial charge in [0, 0.05) is 29.9 Å². The Bertz CT molecular complexity index is 411. The molecule has 0 radical (unpaired) electrons. The molecule has 0 heterocycles. The first-order valence-electron chi connectivity index (χ1n) is 6.81. The van der Waals surface area contributed by atoms with Gasteiger partial charge >= 0.3 is 0 Å². The second kappa shape index (κ2) is 5.27. The molecule has 0 bridgehead atoms. The number of halogens is 1. The highest BCUT2D eigenvalue weighted by Crippen LogP contribution is 2.35. The van der Waals surface area contributed by atoms with Crippen LogP contribution in [0.15, 0.2) is 18.2 Å². The first-order chi connectivity index (χ1) is 8.50. The van der Waals surface area contributed by atoms with E-state index in [0.29, 0.717) is 11.6 Å². The summed E-state index contributed by atoms with van der Waals surface area (Å²) in [4.78, 5) is 2.29. The van der Waals surface area contributed by atoms with E-state index in [2.05, 4.69) is 18.7 Å². The number of benzene rings is 1. The Morgan fingerprint density at radius 1 is 1.33 bits per heavy atom. The molecule has 2 rings (SSSR count). The van der Waals surface area contributed by atoms with E-state index < -0.39 is 0 Å². The monoisotopic (exact) mass is 250 g/mol. The van der Waals surface area contributed by atoms with Gasteiger partial charge in [0.25, 0.3) is 0 Å². The van der Waals surface area contributed by atoms with Crippen molar-refractivity contribution in [3.05, 3.63) is 29.6 Å². The maximum absolute atomic E-state index is 14.0. The number of rotatable bonds is 5. The Hall–Kier alpha value is -1.09. The van der Waals surface area contributed by atoms with Gasteiger partial charge in [0.05, 0.1) is 0 Å². The van der Waals surface area contributed by atoms with Crippen molar-refractivity contribution in [2.24, 2.45) is 11.7 Å². The van der Waals surface area contributed by atoms with Crippen LogP contribution in [0.2, 0.25) is 0 Å². The smallest absolute Gasteiger partial charge is 0.130 e. The van der Waals surface area contributed by atoms with Crippen LogP contribution in [0.25, 0.3) is 0 Å². The van der Waals surface area contributed by atoms with Crippen LogP contribution in [0, 0.1) is 11.7 Å². The second-order valence-corrected chi connectivity index (χ2v) is 5.65. The third-order valence-corrected chi connectivity index (χ3v) is 3.57. The van der Waals surface area contributed by atoms with Gasteiger partial charge in [0.2, 0.25) is 0 Å². The second-order valence-electron chi connectivity index (χ2n) is 5.65. The fraction of sp³-hybridized carbons (Fsp3) is 0.600. The molecule has 0 aromatic heterocycles. The zero-order valence-electron chi connectivity index (χ0n) is 11.5. The lowest BCUT2D eigenvalue weighted by Crippen LogP contribution is -2.34. The van der Waals surface area contributed by atoms with Crippen LogP contribution in [-0.2, 0) is 0 Å². The van der Waals surface area contributed by atoms with E-state index >= 15 is 0 Å². The van der Waals surface area contributed by atoms with Crippen LogP contribution in [-0.4, -0.2) is 12.6 Å². The van der Waals surface area contributed by atoms with E-state index in [-0.39, 0.29) is 11.9 Å². The molecule has 1 aromatic carbocycles. The highest BCUT2D eigenvalue weighted by atomic mass is 19.1. The average Bonchev–Trinajstić information content (AvgIpc) is 3.08. The van der Waals surface area contributed by atoms with Gasteiger partial charge in [-0.2, -0.15) is 0 Å². The molecule has 1 aliphatic rings. The van der Waals surface area contributed by atoms with Crippen molar-refractivity contribution >= 4 is 5.69 Å². The van der Waals surface area contributed by atoms with Gasteiger partial charge < -0.3 is 10.6 Å². The van der Waals surface area contributed by atoms with E-state index in [1.54, 1.807) is 6.07 Å². The summed E-state index contributed by atoms with van der Waals surface area (Å²) in [6.45, 7) is 7.16. The largest absolute Gasteiger partial charge is 0.368 e. The Morgan fingerprint density at radius 2 is 2.00 bits per heavy atom. The summed E-state index contributed by atoms with van der Waals surface area (Å²) in [5, 5.41) is 0. The number of anilines is 1. The van der Waals surface area contributed by atoms with Gasteiger partial charge in [-0.3, -0.25) is 0 Å². The summed E-state index contributed by atoms with van der Waals surface area (Å²) in [7, 11) is 0. The topological polar surface area (TPSA) is 29.3 Å². The summed E-state index contributed by atoms with van der Waals surface area (Å²) in [6, 6.07) is 5.35. The number of nitrogens with two attached hydrogens (primary N) is 1. The fourth-order valence-corrected chi connectivity index (χ4v) is 2.39. The molecule has 1 aromatic rings. The first kappa shape index (κ1) is 13.3. The highest BCUT2D eigenvalue weighted by molar-refractivity contribution is 5.56. The zero-order valence-corrected chi connectivity index (χ0v) is 11.5. The Balaban J connectivity index is 2.36. The van der Waals surface area contributed by atoms with Crippen molar-refractivity contribution < 1.29 is 4.39 Å². The molecule has 18 heavy (non-hydrogen) atoms. The van der Waals surface area contributed by atoms with Crippen LogP contribution < -0.4 is 10.6 Å². The van der Waals surface area contributed by atoms with Crippen molar-refractivity contribution in [3.8, 4) is 0 Å². The summed E-state index contributed by atoms with van der Waals surface area (Å²) in [6.07, 6.45) is 2.60. The molecule has 0 unspecified atom stereocenters. The van der Waals surface area contributed by atoms with Crippen molar-refractivity contribution in [1.29, 1.82) is 0 Å². The SMILES string of the molecule is CC(C)N(CC1CC1)c1cccc(F)c1[C@H](C)N. The molecule has 1 saturated carbocycles. The number of nitrogens with zero attached hydrogens (tertiary/aromatic N) is 1. The fourth-order valence-electron chi connectivity index (χ4n) is 2.39. The normalized spacial score (nSPS) is 17.0. The minimum absolute atomic E-state index is 0.191. The molecule has 0 saturated heterocycles. The zero-order chi connectivity index (χ0) is 13.3. The molecule has 0 aliphatic heterocycles. The molecule has 1 aliphatic carbocycles. The molecular formula is C15H23FN2. The van der Waals surface area contributed by atoms with E-state index in [9.17, 15) is 4.39 Å². The average molecular weight is 250 g/mol. The van der Waals surface area contributed by atoms with Gasteiger partial charge in [-0.1, -0.05) is 6.07 Å². The number of hydrogen-bond donors (Lipinski definition) is 1. The van der Waals surface area contributed by atoms with Crippen molar-refractivity contribution in [2.45, 2.75) is 45.7 Å². The molecule has 1 fully saturated rings. The van der Waals surface area contributed by atoms with Crippen molar-refractivity contribution in [3.63, 3.8) is 0 Å². The molecular weight excluding hydrogens is 227 g/mol. The Kier molecular flexibility index (Phi) is 3.91. The summed E-state index contributed by atoms with van der Waals surface area (Å²) < 4.78 is 14.0. The molecule has 2 N–H and O–H groups in total. The molecule has 2 nitrogen and oxygen atoms in total. The van der Waals surface area contributed by atoms with Gasteiger partial charge in [0.15, 0.2) is 0 Å². The number of hydrogen-bond acceptors (Lipinski definition) is 2. The van der Waals surface area contributed by atoms with E-state index in [1.165, 1.54) is 18.9 Å². The summed E-state index contributed by atoms with van der Waals surface area (Å²) in [5.74, 6) is 0.584. The predicted octanol–water partition coefficient (Wildman–Crippen LogP) is 3.47. The Morgan fingerprint density at radius 3 is 2.50 bits per heavy atom. The highest BCUT2D eigenvalue weighted by Gasteiger charge is 2.27. The quantitative estimate of drug-likeness (QED) is 0.867. The van der Waals surface area contributed by atoms with Crippen molar-refractivity contribution in [1.82, 2.24) is 0 Å². The minimum Gasteiger partial charge on any atom is -0.368 e. The third-order valence-electron chi connectivity index (χ3n) is 3.57. The van der Waals surface area contributed by atoms with Crippen LogP contribution in [0.1, 0.15) is 45.2 Å². The third kappa shape index (κ3) is 2.83. The molecule has 0 spiro atoms. The van der Waals surface area contributed by atoms with E-state index in [0.717, 1.165) is 18.2 Å². The van der Waals surface area contributed by atoms with Gasteiger partial charge in [-0.15, -0.1) is 0 Å². The van der Waals surface area contributed by atoms with E-state index in [1.807, 2.05) is 13.0 Å². The lowest BCUT2D eigenvalue weighted by Gasteiger charge is -2.32. The molecule has 3 heteroatoms. The van der Waals surface area contributed by atoms with Crippen LogP contribution in [0.3, 0.4) is 0 Å². The first-order valence-corrected chi connectivity index (χ1v) is 6.81. The van der Waals surface area contributed by atoms with Crippen LogP contribution in [0.4, 0.5) is 10.1 Å². The van der Waals surface area contributed by atoms with Gasteiger partial charge in [-0.05, 0) is 51.7 Å². The summed E-state index contributed by atoms with van der Waals surface area (Å²) in [5.41, 5.74) is 7.54. The minimum atomic E-state index is -0.276. The maximum atomic E-state index is 14.0. The predicted molar refractivity (Wildman–Crippen MR) is 74.2 cm³/mol. The van der Waals surface area contributed by atoms with Crippen LogP contribution in [0.5, 0.6) is 0 Å². The van der Waals surface area contributed by atoms with Crippen molar-refractivity contribution in [2.75, 3.05) is 11.4 Å².